The van der Waals surface area contributed by atoms with Crippen LogP contribution < -0.4 is 0 Å². The van der Waals surface area contributed by atoms with Gasteiger partial charge in [-0.3, -0.25) is 0 Å². The zero-order valence-corrected chi connectivity index (χ0v) is 23.1. The minimum atomic E-state index is 0.319. The van der Waals surface area contributed by atoms with Crippen LogP contribution >= 0.6 is 0 Å². The summed E-state index contributed by atoms with van der Waals surface area (Å²) in [6, 6.07) is 25.4. The molecule has 0 aliphatic heterocycles. The maximum Gasteiger partial charge on any atom is 0.0431 e. The summed E-state index contributed by atoms with van der Waals surface area (Å²) in [6.07, 6.45) is 15.6. The number of hydrogen-bond donors (Lipinski definition) is 2. The zero-order chi connectivity index (χ0) is 26.1. The van der Waals surface area contributed by atoms with Crippen LogP contribution in [0.1, 0.15) is 90.3 Å². The molecular formula is C35H48O2. The van der Waals surface area contributed by atoms with Crippen molar-refractivity contribution < 1.29 is 10.2 Å². The van der Waals surface area contributed by atoms with Crippen LogP contribution in [0.4, 0.5) is 0 Å². The van der Waals surface area contributed by atoms with Crippen molar-refractivity contribution in [1.29, 1.82) is 0 Å². The smallest absolute Gasteiger partial charge is 0.0431 e. The molecule has 0 spiro atoms. The van der Waals surface area contributed by atoms with Crippen molar-refractivity contribution in [1.82, 2.24) is 0 Å². The number of unbranched alkanes of at least 4 members (excludes halogenated alkanes) is 6. The predicted octanol–water partition coefficient (Wildman–Crippen LogP) is 7.76. The maximum atomic E-state index is 8.88. The van der Waals surface area contributed by atoms with Crippen molar-refractivity contribution in [3.8, 4) is 0 Å². The molecule has 0 aliphatic rings. The summed E-state index contributed by atoms with van der Waals surface area (Å²) in [5.74, 6) is 0. The van der Waals surface area contributed by atoms with Gasteiger partial charge in [-0.1, -0.05) is 92.4 Å². The highest BCUT2D eigenvalue weighted by molar-refractivity contribution is 5.33. The lowest BCUT2D eigenvalue weighted by Gasteiger charge is -2.10. The Labute approximate surface area is 225 Å². The summed E-state index contributed by atoms with van der Waals surface area (Å²) in [7, 11) is 0. The van der Waals surface area contributed by atoms with Gasteiger partial charge in [-0.25, -0.2) is 0 Å². The molecule has 200 valence electrons. The van der Waals surface area contributed by atoms with Gasteiger partial charge in [0.1, 0.15) is 0 Å². The first-order chi connectivity index (χ1) is 18.2. The Bertz CT molecular complexity index is 1000. The van der Waals surface area contributed by atoms with Gasteiger partial charge < -0.3 is 10.2 Å². The first-order valence-electron chi connectivity index (χ1n) is 14.6. The largest absolute Gasteiger partial charge is 0.396 e. The summed E-state index contributed by atoms with van der Waals surface area (Å²) in [5, 5.41) is 17.8. The number of aryl methyl sites for hydroxylation is 7. The minimum Gasteiger partial charge on any atom is -0.396 e. The average Bonchev–Trinajstić information content (AvgIpc) is 2.92. The van der Waals surface area contributed by atoms with E-state index >= 15 is 0 Å². The van der Waals surface area contributed by atoms with Crippen LogP contribution in [0.15, 0.2) is 66.7 Å². The Hall–Kier alpha value is -2.42. The third-order valence-electron chi connectivity index (χ3n) is 7.59. The molecule has 0 aromatic heterocycles. The van der Waals surface area contributed by atoms with E-state index in [2.05, 4.69) is 73.7 Å². The molecule has 0 heterocycles. The molecule has 37 heavy (non-hydrogen) atoms. The lowest BCUT2D eigenvalue weighted by Crippen LogP contribution is -1.98. The molecule has 0 radical (unpaired) electrons. The van der Waals surface area contributed by atoms with Crippen molar-refractivity contribution in [2.45, 2.75) is 96.8 Å². The van der Waals surface area contributed by atoms with Gasteiger partial charge in [-0.15, -0.1) is 0 Å². The number of benzene rings is 3. The number of aliphatic hydroxyl groups excluding tert-OH is 2. The topological polar surface area (TPSA) is 40.5 Å². The predicted molar refractivity (Wildman–Crippen MR) is 157 cm³/mol. The first-order valence-corrected chi connectivity index (χ1v) is 14.6. The molecule has 0 saturated heterocycles. The highest BCUT2D eigenvalue weighted by Gasteiger charge is 2.04. The van der Waals surface area contributed by atoms with Gasteiger partial charge in [-0.2, -0.15) is 0 Å². The summed E-state index contributed by atoms with van der Waals surface area (Å²) < 4.78 is 0. The number of hydrogen-bond acceptors (Lipinski definition) is 2. The molecule has 2 heteroatoms. The van der Waals surface area contributed by atoms with Gasteiger partial charge in [0.15, 0.2) is 0 Å². The van der Waals surface area contributed by atoms with E-state index in [1.165, 1.54) is 64.6 Å². The molecule has 0 saturated carbocycles. The van der Waals surface area contributed by atoms with E-state index in [-0.39, 0.29) is 0 Å². The van der Waals surface area contributed by atoms with E-state index in [1.807, 2.05) is 0 Å². The molecule has 2 N–H and O–H groups in total. The molecular weight excluding hydrogens is 452 g/mol. The molecule has 3 aromatic carbocycles. The second-order valence-corrected chi connectivity index (χ2v) is 10.7. The van der Waals surface area contributed by atoms with Crippen LogP contribution in [0.3, 0.4) is 0 Å². The molecule has 0 aliphatic carbocycles. The fourth-order valence-corrected chi connectivity index (χ4v) is 5.10. The van der Waals surface area contributed by atoms with E-state index in [0.717, 1.165) is 64.2 Å². The van der Waals surface area contributed by atoms with Gasteiger partial charge in [-0.05, 0) is 110 Å². The van der Waals surface area contributed by atoms with E-state index in [9.17, 15) is 0 Å². The number of rotatable bonds is 18. The maximum absolute atomic E-state index is 8.88. The third-order valence-corrected chi connectivity index (χ3v) is 7.59. The van der Waals surface area contributed by atoms with E-state index in [0.29, 0.717) is 13.2 Å². The standard InChI is InChI=1S/C35H48O2/c1-29-28-34(21-20-32-16-12-30(13-17-32)10-6-2-4-8-26-36)23-25-35(29)24-22-33-18-14-31(15-19-33)11-7-3-5-9-27-37/h12-19,23,25,28,36-37H,2-11,20-22,24,26-27H2,1H3. The Kier molecular flexibility index (Phi) is 13.5. The third kappa shape index (κ3) is 11.2. The molecule has 3 rings (SSSR count). The normalized spacial score (nSPS) is 11.2. The SMILES string of the molecule is Cc1cc(CCc2ccc(CCCCCCO)cc2)ccc1CCc1ccc(CCCCCCO)cc1. The van der Waals surface area contributed by atoms with Crippen LogP contribution in [0, 0.1) is 6.92 Å². The zero-order valence-electron chi connectivity index (χ0n) is 23.1. The molecule has 3 aromatic rings. The van der Waals surface area contributed by atoms with E-state index in [4.69, 9.17) is 10.2 Å². The Morgan fingerprint density at radius 2 is 0.784 bits per heavy atom. The van der Waals surface area contributed by atoms with Crippen molar-refractivity contribution in [3.05, 3.63) is 106 Å². The van der Waals surface area contributed by atoms with Crippen LogP contribution in [-0.2, 0) is 38.5 Å². The summed E-state index contributed by atoms with van der Waals surface area (Å²) in [5.41, 5.74) is 9.99. The van der Waals surface area contributed by atoms with Gasteiger partial charge in [0, 0.05) is 13.2 Å². The fourth-order valence-electron chi connectivity index (χ4n) is 5.10. The monoisotopic (exact) mass is 500 g/mol. The van der Waals surface area contributed by atoms with Gasteiger partial charge in [0.05, 0.1) is 0 Å². The van der Waals surface area contributed by atoms with Crippen LogP contribution in [0.2, 0.25) is 0 Å². The highest BCUT2D eigenvalue weighted by Crippen LogP contribution is 2.18. The van der Waals surface area contributed by atoms with E-state index in [1.54, 1.807) is 0 Å². The van der Waals surface area contributed by atoms with Crippen LogP contribution in [0.25, 0.3) is 0 Å². The average molecular weight is 501 g/mol. The fraction of sp³-hybridized carbons (Fsp3) is 0.486. The molecule has 0 bridgehead atoms. The lowest BCUT2D eigenvalue weighted by atomic mass is 9.95. The van der Waals surface area contributed by atoms with E-state index < -0.39 is 0 Å². The molecule has 0 fully saturated rings. The van der Waals surface area contributed by atoms with Crippen molar-refractivity contribution in [3.63, 3.8) is 0 Å². The molecule has 2 nitrogen and oxygen atoms in total. The molecule has 0 atom stereocenters. The lowest BCUT2D eigenvalue weighted by molar-refractivity contribution is 0.282. The van der Waals surface area contributed by atoms with Crippen LogP contribution in [0.5, 0.6) is 0 Å². The first kappa shape index (κ1) is 29.1. The Morgan fingerprint density at radius 1 is 0.405 bits per heavy atom. The Morgan fingerprint density at radius 3 is 1.24 bits per heavy atom. The number of aliphatic hydroxyl groups is 2. The summed E-state index contributed by atoms with van der Waals surface area (Å²) in [4.78, 5) is 0. The minimum absolute atomic E-state index is 0.319. The highest BCUT2D eigenvalue weighted by atomic mass is 16.3. The second kappa shape index (κ2) is 17.2. The van der Waals surface area contributed by atoms with Crippen LogP contribution in [-0.4, -0.2) is 23.4 Å². The quantitative estimate of drug-likeness (QED) is 0.175. The molecule has 0 amide bonds. The van der Waals surface area contributed by atoms with Crippen molar-refractivity contribution in [2.24, 2.45) is 0 Å². The second-order valence-electron chi connectivity index (χ2n) is 10.7. The van der Waals surface area contributed by atoms with Crippen molar-refractivity contribution >= 4 is 0 Å². The van der Waals surface area contributed by atoms with Gasteiger partial charge >= 0.3 is 0 Å². The Balaban J connectivity index is 1.39. The van der Waals surface area contributed by atoms with Gasteiger partial charge in [0.2, 0.25) is 0 Å². The summed E-state index contributed by atoms with van der Waals surface area (Å²) in [6.45, 7) is 2.90. The summed E-state index contributed by atoms with van der Waals surface area (Å²) >= 11 is 0. The molecule has 0 unspecified atom stereocenters. The van der Waals surface area contributed by atoms with Gasteiger partial charge in [0.25, 0.3) is 0 Å². The van der Waals surface area contributed by atoms with Crippen molar-refractivity contribution in [2.75, 3.05) is 13.2 Å².